The molecular weight excluding hydrogens is 354 g/mol. The van der Waals surface area contributed by atoms with Crippen LogP contribution in [0.5, 0.6) is 0 Å². The average molecular weight is 375 g/mol. The van der Waals surface area contributed by atoms with Crippen LogP contribution < -0.4 is 5.32 Å². The van der Waals surface area contributed by atoms with Gasteiger partial charge in [-0.1, -0.05) is 45.1 Å². The summed E-state index contributed by atoms with van der Waals surface area (Å²) < 4.78 is 0. The van der Waals surface area contributed by atoms with Gasteiger partial charge in [0, 0.05) is 29.1 Å². The molecule has 28 heavy (non-hydrogen) atoms. The average Bonchev–Trinajstić information content (AvgIpc) is 2.67. The van der Waals surface area contributed by atoms with Gasteiger partial charge in [0.2, 0.25) is 5.91 Å². The summed E-state index contributed by atoms with van der Waals surface area (Å²) in [5.74, 6) is -0.0753. The molecule has 1 aromatic heterocycles. The van der Waals surface area contributed by atoms with Crippen molar-refractivity contribution in [2.24, 2.45) is 5.41 Å². The molecule has 0 unspecified atom stereocenters. The molecule has 1 heterocycles. The van der Waals surface area contributed by atoms with Crippen molar-refractivity contribution >= 4 is 40.3 Å². The zero-order chi connectivity index (χ0) is 20.3. The first kappa shape index (κ1) is 19.2. The number of hydrogen-bond donors (Lipinski definition) is 1. The highest BCUT2D eigenvalue weighted by molar-refractivity contribution is 6.04. The number of nitrogens with zero attached hydrogens (tertiary/aromatic N) is 2. The van der Waals surface area contributed by atoms with Gasteiger partial charge in [0.1, 0.15) is 0 Å². The molecule has 0 aliphatic rings. The van der Waals surface area contributed by atoms with Crippen molar-refractivity contribution in [1.29, 1.82) is 0 Å². The molecule has 2 aromatic carbocycles. The molecule has 1 N–H and O–H groups in total. The molecule has 0 aliphatic heterocycles. The lowest BCUT2D eigenvalue weighted by atomic mass is 9.95. The summed E-state index contributed by atoms with van der Waals surface area (Å²) in [6, 6.07) is 13.9. The third kappa shape index (κ3) is 4.23. The lowest BCUT2D eigenvalue weighted by molar-refractivity contribution is -0.384. The Labute approximate surface area is 163 Å². The number of hydrogen-bond acceptors (Lipinski definition) is 4. The molecule has 1 amide bonds. The van der Waals surface area contributed by atoms with Gasteiger partial charge < -0.3 is 5.32 Å². The van der Waals surface area contributed by atoms with Gasteiger partial charge in [-0.2, -0.15) is 0 Å². The number of rotatable bonds is 4. The minimum atomic E-state index is -0.504. The highest BCUT2D eigenvalue weighted by Crippen LogP contribution is 2.28. The molecule has 3 rings (SSSR count). The summed E-state index contributed by atoms with van der Waals surface area (Å²) in [4.78, 5) is 27.1. The Hall–Kier alpha value is -3.54. The zero-order valence-corrected chi connectivity index (χ0v) is 16.0. The Morgan fingerprint density at radius 2 is 1.79 bits per heavy atom. The van der Waals surface area contributed by atoms with E-state index in [9.17, 15) is 14.9 Å². The summed E-state index contributed by atoms with van der Waals surface area (Å²) in [6.45, 7) is 5.58. The second-order valence-corrected chi connectivity index (χ2v) is 7.49. The number of amides is 1. The number of nitro benzene ring substituents is 1. The van der Waals surface area contributed by atoms with Gasteiger partial charge in [0.25, 0.3) is 5.69 Å². The maximum Gasteiger partial charge on any atom is 0.269 e. The van der Waals surface area contributed by atoms with E-state index in [2.05, 4.69) is 10.3 Å². The van der Waals surface area contributed by atoms with Crippen LogP contribution in [-0.4, -0.2) is 15.8 Å². The Balaban J connectivity index is 1.93. The Morgan fingerprint density at radius 1 is 1.07 bits per heavy atom. The van der Waals surface area contributed by atoms with Gasteiger partial charge >= 0.3 is 0 Å². The molecule has 3 aromatic rings. The quantitative estimate of drug-likeness (QED) is 0.381. The van der Waals surface area contributed by atoms with Crippen molar-refractivity contribution in [2.45, 2.75) is 20.8 Å². The molecule has 0 bridgehead atoms. The van der Waals surface area contributed by atoms with Gasteiger partial charge in [-0.15, -0.1) is 0 Å². The molecule has 0 saturated heterocycles. The third-order valence-electron chi connectivity index (χ3n) is 4.29. The maximum atomic E-state index is 12.3. The number of nitro groups is 1. The predicted octanol–water partition coefficient (Wildman–Crippen LogP) is 5.30. The van der Waals surface area contributed by atoms with E-state index in [1.165, 1.54) is 12.1 Å². The Kier molecular flexibility index (Phi) is 5.22. The number of benzene rings is 2. The van der Waals surface area contributed by atoms with E-state index in [0.29, 0.717) is 11.2 Å². The van der Waals surface area contributed by atoms with Crippen LogP contribution >= 0.6 is 0 Å². The van der Waals surface area contributed by atoms with Crippen LogP contribution in [-0.2, 0) is 4.79 Å². The summed E-state index contributed by atoms with van der Waals surface area (Å²) in [6.07, 6.45) is 5.51. The first-order valence-electron chi connectivity index (χ1n) is 8.87. The van der Waals surface area contributed by atoms with Gasteiger partial charge in [-0.3, -0.25) is 19.9 Å². The summed E-state index contributed by atoms with van der Waals surface area (Å²) in [5.41, 5.74) is 2.73. The van der Waals surface area contributed by atoms with Crippen molar-refractivity contribution in [2.75, 3.05) is 5.32 Å². The molecule has 0 aliphatic carbocycles. The van der Waals surface area contributed by atoms with E-state index in [0.717, 1.165) is 16.5 Å². The SMILES string of the molecule is CC(C)(C)C(=O)Nc1ccc(C=Cc2ccc([N+](=O)[O-])cc2)c2cccnc12. The Bertz CT molecular complexity index is 1060. The van der Waals surface area contributed by atoms with E-state index in [1.807, 2.05) is 57.2 Å². The van der Waals surface area contributed by atoms with Gasteiger partial charge in [0.05, 0.1) is 16.1 Å². The lowest BCUT2D eigenvalue weighted by Crippen LogP contribution is -2.27. The van der Waals surface area contributed by atoms with Crippen molar-refractivity contribution in [3.63, 3.8) is 0 Å². The van der Waals surface area contributed by atoms with E-state index in [1.54, 1.807) is 18.3 Å². The third-order valence-corrected chi connectivity index (χ3v) is 4.29. The minimum Gasteiger partial charge on any atom is -0.324 e. The van der Waals surface area contributed by atoms with E-state index >= 15 is 0 Å². The smallest absolute Gasteiger partial charge is 0.269 e. The highest BCUT2D eigenvalue weighted by atomic mass is 16.6. The summed E-state index contributed by atoms with van der Waals surface area (Å²) in [5, 5.41) is 14.6. The second-order valence-electron chi connectivity index (χ2n) is 7.49. The number of nitrogens with one attached hydrogen (secondary N) is 1. The van der Waals surface area contributed by atoms with Crippen LogP contribution in [0.15, 0.2) is 54.7 Å². The van der Waals surface area contributed by atoms with E-state index < -0.39 is 10.3 Å². The first-order chi connectivity index (χ1) is 13.3. The van der Waals surface area contributed by atoms with Gasteiger partial charge in [0.15, 0.2) is 0 Å². The van der Waals surface area contributed by atoms with Crippen LogP contribution in [0.2, 0.25) is 0 Å². The number of fused-ring (bicyclic) bond motifs is 1. The molecule has 6 nitrogen and oxygen atoms in total. The molecule has 0 fully saturated rings. The van der Waals surface area contributed by atoms with Crippen molar-refractivity contribution < 1.29 is 9.72 Å². The summed E-state index contributed by atoms with van der Waals surface area (Å²) in [7, 11) is 0. The fourth-order valence-electron chi connectivity index (χ4n) is 2.64. The van der Waals surface area contributed by atoms with Crippen molar-refractivity contribution in [3.05, 3.63) is 76.0 Å². The Morgan fingerprint density at radius 3 is 2.43 bits per heavy atom. The van der Waals surface area contributed by atoms with Crippen LogP contribution in [0.1, 0.15) is 31.9 Å². The standard InChI is InChI=1S/C22H21N3O3/c1-22(2,3)21(26)24-19-13-10-16(18-5-4-14-23-20(18)19)9-6-15-7-11-17(12-8-15)25(27)28/h4-14H,1-3H3,(H,24,26). The molecule has 0 radical (unpaired) electrons. The predicted molar refractivity (Wildman–Crippen MR) is 112 cm³/mol. The lowest BCUT2D eigenvalue weighted by Gasteiger charge is -2.18. The number of non-ortho nitro benzene ring substituents is 1. The topological polar surface area (TPSA) is 85.1 Å². The second kappa shape index (κ2) is 7.60. The number of pyridine rings is 1. The van der Waals surface area contributed by atoms with Crippen molar-refractivity contribution in [1.82, 2.24) is 4.98 Å². The largest absolute Gasteiger partial charge is 0.324 e. The fraction of sp³-hybridized carbons (Fsp3) is 0.182. The zero-order valence-electron chi connectivity index (χ0n) is 16.0. The van der Waals surface area contributed by atoms with Crippen LogP contribution in [0, 0.1) is 15.5 Å². The van der Waals surface area contributed by atoms with E-state index in [-0.39, 0.29) is 11.6 Å². The van der Waals surface area contributed by atoms with Crippen LogP contribution in [0.3, 0.4) is 0 Å². The number of carbonyl (C=O) groups excluding carboxylic acids is 1. The normalized spacial score (nSPS) is 11.7. The molecule has 0 saturated carbocycles. The number of anilines is 1. The molecule has 0 spiro atoms. The maximum absolute atomic E-state index is 12.3. The van der Waals surface area contributed by atoms with Gasteiger partial charge in [-0.05, 0) is 35.4 Å². The first-order valence-corrected chi connectivity index (χ1v) is 8.87. The highest BCUT2D eigenvalue weighted by Gasteiger charge is 2.22. The number of aromatic nitrogens is 1. The van der Waals surface area contributed by atoms with Crippen LogP contribution in [0.25, 0.3) is 23.1 Å². The molecular formula is C22H21N3O3. The van der Waals surface area contributed by atoms with E-state index in [4.69, 9.17) is 0 Å². The molecule has 142 valence electrons. The monoisotopic (exact) mass is 375 g/mol. The minimum absolute atomic E-state index is 0.0609. The molecule has 6 heteroatoms. The van der Waals surface area contributed by atoms with Gasteiger partial charge in [-0.25, -0.2) is 0 Å². The number of carbonyl (C=O) groups is 1. The van der Waals surface area contributed by atoms with Crippen molar-refractivity contribution in [3.8, 4) is 0 Å². The fourth-order valence-corrected chi connectivity index (χ4v) is 2.64. The molecule has 0 atom stereocenters. The summed E-state index contributed by atoms with van der Waals surface area (Å²) >= 11 is 0. The van der Waals surface area contributed by atoms with Crippen LogP contribution in [0.4, 0.5) is 11.4 Å².